The fraction of sp³-hybridized carbons (Fsp3) is 0.154. The van der Waals surface area contributed by atoms with Gasteiger partial charge >= 0.3 is 0 Å². The van der Waals surface area contributed by atoms with E-state index in [0.717, 1.165) is 22.4 Å². The van der Waals surface area contributed by atoms with Crippen molar-refractivity contribution in [1.82, 2.24) is 14.8 Å². The molecule has 7 nitrogen and oxygen atoms in total. The molecule has 9 heteroatoms. The highest BCUT2D eigenvalue weighted by molar-refractivity contribution is 6.30. The lowest BCUT2D eigenvalue weighted by molar-refractivity contribution is 0.215. The van der Waals surface area contributed by atoms with Crippen LogP contribution in [0.2, 0.25) is 5.02 Å². The number of rotatable bonds is 4. The molecule has 35 heavy (non-hydrogen) atoms. The molecule has 0 fully saturated rings. The van der Waals surface area contributed by atoms with E-state index in [2.05, 4.69) is 15.4 Å². The molecule has 0 aliphatic carbocycles. The van der Waals surface area contributed by atoms with Crippen molar-refractivity contribution < 1.29 is 18.6 Å². The molecule has 0 radical (unpaired) electrons. The van der Waals surface area contributed by atoms with E-state index in [1.54, 1.807) is 43.2 Å². The molecule has 1 aromatic heterocycles. The van der Waals surface area contributed by atoms with E-state index in [9.17, 15) is 0 Å². The minimum Gasteiger partial charge on any atom is -0.493 e. The number of nitrogens with zero attached hydrogens (tertiary/aromatic N) is 3. The van der Waals surface area contributed by atoms with E-state index in [4.69, 9.17) is 25.8 Å². The second-order valence-corrected chi connectivity index (χ2v) is 8.57. The van der Waals surface area contributed by atoms with Crippen LogP contribution in [0.5, 0.6) is 17.2 Å². The summed E-state index contributed by atoms with van der Waals surface area (Å²) < 4.78 is 34.8. The maximum atomic E-state index is 15.3. The fourth-order valence-electron chi connectivity index (χ4n) is 4.81. The van der Waals surface area contributed by atoms with Gasteiger partial charge in [0.1, 0.15) is 23.9 Å². The third-order valence-electron chi connectivity index (χ3n) is 6.29. The van der Waals surface area contributed by atoms with E-state index < -0.39 is 12.1 Å². The normalized spacial score (nSPS) is 18.1. The van der Waals surface area contributed by atoms with Gasteiger partial charge < -0.3 is 19.5 Å². The van der Waals surface area contributed by atoms with Crippen LogP contribution in [0.15, 0.2) is 72.6 Å². The highest BCUT2D eigenvalue weighted by atomic mass is 35.5. The molecule has 2 atom stereocenters. The summed E-state index contributed by atoms with van der Waals surface area (Å²) in [5.74, 6) is 1.84. The van der Waals surface area contributed by atoms with Crippen LogP contribution in [0.4, 0.5) is 10.3 Å². The average Bonchev–Trinajstić information content (AvgIpc) is 3.35. The smallest absolute Gasteiger partial charge is 0.226 e. The number of ether oxygens (including phenoxy) is 3. The SMILES string of the molecule is COc1cccc([C@@H]2Oc3ccc(Cl)cc3C3=C2[C@H](c2ccccc2F)n2ncnc2N3)c1OC. The van der Waals surface area contributed by atoms with Gasteiger partial charge in [0.15, 0.2) is 17.6 Å². The number of methoxy groups -OCH3 is 2. The van der Waals surface area contributed by atoms with Gasteiger partial charge in [0.25, 0.3) is 0 Å². The predicted molar refractivity (Wildman–Crippen MR) is 129 cm³/mol. The zero-order valence-corrected chi connectivity index (χ0v) is 19.6. The van der Waals surface area contributed by atoms with Crippen LogP contribution < -0.4 is 19.5 Å². The molecule has 0 unspecified atom stereocenters. The lowest BCUT2D eigenvalue weighted by Gasteiger charge is -2.39. The summed E-state index contributed by atoms with van der Waals surface area (Å²) in [4.78, 5) is 4.37. The Kier molecular flexibility index (Phi) is 5.11. The van der Waals surface area contributed by atoms with E-state index in [-0.39, 0.29) is 5.82 Å². The van der Waals surface area contributed by atoms with Gasteiger partial charge in [-0.1, -0.05) is 41.9 Å². The number of halogens is 2. The molecule has 2 aliphatic rings. The molecule has 1 N–H and O–H groups in total. The molecular weight excluding hydrogens is 471 g/mol. The second-order valence-electron chi connectivity index (χ2n) is 8.13. The van der Waals surface area contributed by atoms with Crippen LogP contribution >= 0.6 is 11.6 Å². The minimum atomic E-state index is -0.654. The number of benzene rings is 3. The Hall–Kier alpha value is -4.04. The molecule has 0 bridgehead atoms. The molecule has 2 aliphatic heterocycles. The highest BCUT2D eigenvalue weighted by Gasteiger charge is 2.43. The van der Waals surface area contributed by atoms with Crippen LogP contribution in [-0.4, -0.2) is 29.0 Å². The van der Waals surface area contributed by atoms with E-state index in [1.807, 2.05) is 30.3 Å². The molecule has 0 saturated heterocycles. The predicted octanol–water partition coefficient (Wildman–Crippen LogP) is 5.65. The summed E-state index contributed by atoms with van der Waals surface area (Å²) in [7, 11) is 3.16. The van der Waals surface area contributed by atoms with Crippen molar-refractivity contribution in [2.24, 2.45) is 0 Å². The summed E-state index contributed by atoms with van der Waals surface area (Å²) in [6.07, 6.45) is 0.786. The Morgan fingerprint density at radius 1 is 1.03 bits per heavy atom. The van der Waals surface area contributed by atoms with Crippen molar-refractivity contribution in [3.63, 3.8) is 0 Å². The maximum Gasteiger partial charge on any atom is 0.226 e. The Labute approximate surface area is 205 Å². The molecule has 3 heterocycles. The maximum absolute atomic E-state index is 15.3. The zero-order chi connectivity index (χ0) is 24.1. The van der Waals surface area contributed by atoms with Gasteiger partial charge in [-0.15, -0.1) is 0 Å². The molecule has 0 spiro atoms. The molecule has 0 saturated carbocycles. The van der Waals surface area contributed by atoms with E-state index in [0.29, 0.717) is 33.8 Å². The molecule has 6 rings (SSSR count). The summed E-state index contributed by atoms with van der Waals surface area (Å²) in [6, 6.07) is 17.0. The topological polar surface area (TPSA) is 70.4 Å². The number of anilines is 1. The van der Waals surface area contributed by atoms with Crippen LogP contribution in [0, 0.1) is 5.82 Å². The van der Waals surface area contributed by atoms with Gasteiger partial charge in [0.2, 0.25) is 5.95 Å². The van der Waals surface area contributed by atoms with Gasteiger partial charge in [-0.05, 0) is 30.3 Å². The molecule has 3 aromatic carbocycles. The van der Waals surface area contributed by atoms with Gasteiger partial charge in [0, 0.05) is 27.3 Å². The first kappa shape index (κ1) is 21.5. The summed E-state index contributed by atoms with van der Waals surface area (Å²) >= 11 is 6.37. The van der Waals surface area contributed by atoms with Gasteiger partial charge in [-0.3, -0.25) is 0 Å². The second kappa shape index (κ2) is 8.32. The number of nitrogens with one attached hydrogen (secondary N) is 1. The fourth-order valence-corrected chi connectivity index (χ4v) is 4.99. The number of para-hydroxylation sites is 1. The Bertz CT molecular complexity index is 1490. The Morgan fingerprint density at radius 2 is 1.86 bits per heavy atom. The zero-order valence-electron chi connectivity index (χ0n) is 18.8. The quantitative estimate of drug-likeness (QED) is 0.399. The summed E-state index contributed by atoms with van der Waals surface area (Å²) in [6.45, 7) is 0. The first-order chi connectivity index (χ1) is 17.1. The first-order valence-electron chi connectivity index (χ1n) is 10.9. The van der Waals surface area contributed by atoms with Crippen molar-refractivity contribution in [2.45, 2.75) is 12.1 Å². The third-order valence-corrected chi connectivity index (χ3v) is 6.53. The first-order valence-corrected chi connectivity index (χ1v) is 11.3. The van der Waals surface area contributed by atoms with Crippen LogP contribution in [-0.2, 0) is 0 Å². The molecule has 0 amide bonds. The lowest BCUT2D eigenvalue weighted by atomic mass is 9.84. The van der Waals surface area contributed by atoms with Crippen molar-refractivity contribution in [2.75, 3.05) is 19.5 Å². The number of aromatic nitrogens is 3. The monoisotopic (exact) mass is 490 g/mol. The van der Waals surface area contributed by atoms with Crippen molar-refractivity contribution in [1.29, 1.82) is 0 Å². The molecular formula is C26H20ClFN4O3. The lowest BCUT2D eigenvalue weighted by Crippen LogP contribution is -2.33. The largest absolute Gasteiger partial charge is 0.493 e. The van der Waals surface area contributed by atoms with Crippen LogP contribution in [0.1, 0.15) is 28.8 Å². The van der Waals surface area contributed by atoms with Gasteiger partial charge in [-0.2, -0.15) is 10.1 Å². The summed E-state index contributed by atoms with van der Waals surface area (Å²) in [5.41, 5.74) is 3.40. The van der Waals surface area contributed by atoms with Gasteiger partial charge in [-0.25, -0.2) is 9.07 Å². The highest BCUT2D eigenvalue weighted by Crippen LogP contribution is 2.53. The van der Waals surface area contributed by atoms with Gasteiger partial charge in [0.05, 0.1) is 19.9 Å². The standard InChI is InChI=1S/C26H20ClFN4O3/c1-33-20-9-5-7-16(24(20)34-2)25-21-22(17-12-14(27)10-11-19(17)35-25)31-26-29-13-30-32(26)23(21)15-6-3-4-8-18(15)28/h3-13,23,25H,1-2H3,(H,29,30,31)/t23-,25-/m0/s1. The molecule has 4 aromatic rings. The Morgan fingerprint density at radius 3 is 2.66 bits per heavy atom. The third kappa shape index (κ3) is 3.32. The minimum absolute atomic E-state index is 0.360. The molecule has 176 valence electrons. The van der Waals surface area contributed by atoms with Crippen molar-refractivity contribution >= 4 is 23.2 Å². The number of hydrogen-bond acceptors (Lipinski definition) is 6. The van der Waals surface area contributed by atoms with E-state index >= 15 is 4.39 Å². The van der Waals surface area contributed by atoms with E-state index in [1.165, 1.54) is 12.4 Å². The van der Waals surface area contributed by atoms with Crippen LogP contribution in [0.25, 0.3) is 5.70 Å². The Balaban J connectivity index is 1.67. The summed E-state index contributed by atoms with van der Waals surface area (Å²) in [5, 5.41) is 8.36. The number of fused-ring (bicyclic) bond motifs is 3. The van der Waals surface area contributed by atoms with Crippen molar-refractivity contribution in [3.8, 4) is 17.2 Å². The number of hydrogen-bond donors (Lipinski definition) is 1. The average molecular weight is 491 g/mol. The van der Waals surface area contributed by atoms with Crippen molar-refractivity contribution in [3.05, 3.63) is 100 Å². The van der Waals surface area contributed by atoms with Crippen LogP contribution in [0.3, 0.4) is 0 Å².